The molecule has 2 rings (SSSR count). The van der Waals surface area contributed by atoms with E-state index < -0.39 is 12.2 Å². The number of hydrogen-bond acceptors (Lipinski definition) is 3. The van der Waals surface area contributed by atoms with Gasteiger partial charge >= 0.3 is 6.09 Å². The molecule has 2 heterocycles. The van der Waals surface area contributed by atoms with Crippen LogP contribution in [0.3, 0.4) is 0 Å². The average Bonchev–Trinajstić information content (AvgIpc) is 2.17. The van der Waals surface area contributed by atoms with Crippen LogP contribution in [0.25, 0.3) is 0 Å². The van der Waals surface area contributed by atoms with Crippen LogP contribution >= 0.6 is 0 Å². The summed E-state index contributed by atoms with van der Waals surface area (Å²) < 4.78 is 0. The number of aliphatic hydroxyl groups is 1. The Morgan fingerprint density at radius 3 is 2.80 bits per heavy atom. The molecule has 15 heavy (non-hydrogen) atoms. The SMILES string of the molecule is CN1CCCC2CN(C(=O)O)CC(O)C21. The molecule has 2 fully saturated rings. The maximum absolute atomic E-state index is 10.9. The van der Waals surface area contributed by atoms with Crippen molar-refractivity contribution in [1.82, 2.24) is 9.80 Å². The Hall–Kier alpha value is -0.810. The largest absolute Gasteiger partial charge is 0.465 e. The number of likely N-dealkylation sites (tertiary alicyclic amines) is 2. The first-order valence-corrected chi connectivity index (χ1v) is 5.46. The summed E-state index contributed by atoms with van der Waals surface area (Å²) in [6.07, 6.45) is 0.666. The second-order valence-electron chi connectivity index (χ2n) is 4.63. The fourth-order valence-corrected chi connectivity index (χ4v) is 2.94. The number of piperidine rings is 2. The van der Waals surface area contributed by atoms with Gasteiger partial charge in [0.05, 0.1) is 12.6 Å². The van der Waals surface area contributed by atoms with Crippen molar-refractivity contribution in [3.8, 4) is 0 Å². The predicted molar refractivity (Wildman–Crippen MR) is 54.7 cm³/mol. The molecule has 0 radical (unpaired) electrons. The summed E-state index contributed by atoms with van der Waals surface area (Å²) in [6.45, 7) is 1.83. The summed E-state index contributed by atoms with van der Waals surface area (Å²) in [5.41, 5.74) is 0. The highest BCUT2D eigenvalue weighted by Crippen LogP contribution is 2.29. The van der Waals surface area contributed by atoms with Crippen molar-refractivity contribution in [2.45, 2.75) is 25.0 Å². The second kappa shape index (κ2) is 3.98. The quantitative estimate of drug-likeness (QED) is 0.598. The van der Waals surface area contributed by atoms with Crippen molar-refractivity contribution in [1.29, 1.82) is 0 Å². The van der Waals surface area contributed by atoms with E-state index >= 15 is 0 Å². The minimum atomic E-state index is -0.916. The molecule has 0 aliphatic carbocycles. The van der Waals surface area contributed by atoms with Gasteiger partial charge in [-0.05, 0) is 32.4 Å². The summed E-state index contributed by atoms with van der Waals surface area (Å²) >= 11 is 0. The lowest BCUT2D eigenvalue weighted by atomic mass is 9.83. The molecule has 3 atom stereocenters. The number of β-amino-alcohol motifs (C(OH)–C–C–N with tert-alkyl or cyclic N) is 1. The number of rotatable bonds is 0. The molecule has 5 heteroatoms. The van der Waals surface area contributed by atoms with E-state index in [0.717, 1.165) is 19.4 Å². The number of carbonyl (C=O) groups is 1. The summed E-state index contributed by atoms with van der Waals surface area (Å²) in [7, 11) is 2.01. The molecule has 0 aromatic heterocycles. The van der Waals surface area contributed by atoms with Crippen LogP contribution < -0.4 is 0 Å². The minimum Gasteiger partial charge on any atom is -0.465 e. The van der Waals surface area contributed by atoms with Crippen LogP contribution in [0.2, 0.25) is 0 Å². The topological polar surface area (TPSA) is 64.0 Å². The van der Waals surface area contributed by atoms with Crippen molar-refractivity contribution in [3.05, 3.63) is 0 Å². The van der Waals surface area contributed by atoms with Crippen LogP contribution in [0.5, 0.6) is 0 Å². The number of aliphatic hydroxyl groups excluding tert-OH is 1. The third kappa shape index (κ3) is 1.94. The molecule has 1 amide bonds. The smallest absolute Gasteiger partial charge is 0.407 e. The fraction of sp³-hybridized carbons (Fsp3) is 0.900. The summed E-state index contributed by atoms with van der Waals surface area (Å²) in [5, 5.41) is 18.9. The van der Waals surface area contributed by atoms with Crippen LogP contribution in [0, 0.1) is 5.92 Å². The Kier molecular flexibility index (Phi) is 2.84. The molecule has 2 saturated heterocycles. The number of carboxylic acid groups (broad SMARTS) is 1. The summed E-state index contributed by atoms with van der Waals surface area (Å²) in [6, 6.07) is 0.148. The molecular weight excluding hydrogens is 196 g/mol. The maximum atomic E-state index is 10.9. The highest BCUT2D eigenvalue weighted by atomic mass is 16.4. The molecule has 0 aromatic rings. The van der Waals surface area contributed by atoms with Crippen molar-refractivity contribution in [2.75, 3.05) is 26.7 Å². The molecule has 0 spiro atoms. The average molecular weight is 214 g/mol. The molecule has 3 unspecified atom stereocenters. The van der Waals surface area contributed by atoms with Gasteiger partial charge in [0, 0.05) is 12.6 Å². The van der Waals surface area contributed by atoms with Crippen LogP contribution in [0.4, 0.5) is 4.79 Å². The van der Waals surface area contributed by atoms with Gasteiger partial charge in [-0.25, -0.2) is 4.79 Å². The zero-order valence-corrected chi connectivity index (χ0v) is 8.96. The maximum Gasteiger partial charge on any atom is 0.407 e. The van der Waals surface area contributed by atoms with E-state index in [0.29, 0.717) is 12.5 Å². The van der Waals surface area contributed by atoms with Crippen LogP contribution in [-0.4, -0.2) is 64.9 Å². The van der Waals surface area contributed by atoms with Crippen molar-refractivity contribution < 1.29 is 15.0 Å². The van der Waals surface area contributed by atoms with E-state index in [1.54, 1.807) is 0 Å². The van der Waals surface area contributed by atoms with Crippen molar-refractivity contribution in [3.63, 3.8) is 0 Å². The van der Waals surface area contributed by atoms with Gasteiger partial charge in [0.15, 0.2) is 0 Å². The molecule has 2 aliphatic rings. The third-order valence-electron chi connectivity index (χ3n) is 3.60. The fourth-order valence-electron chi connectivity index (χ4n) is 2.94. The normalized spacial score (nSPS) is 37.5. The van der Waals surface area contributed by atoms with E-state index in [1.165, 1.54) is 4.90 Å². The van der Waals surface area contributed by atoms with Gasteiger partial charge in [-0.15, -0.1) is 0 Å². The zero-order chi connectivity index (χ0) is 11.0. The van der Waals surface area contributed by atoms with Crippen molar-refractivity contribution in [2.24, 2.45) is 5.92 Å². The Balaban J connectivity index is 2.09. The van der Waals surface area contributed by atoms with Gasteiger partial charge in [0.25, 0.3) is 0 Å². The first-order valence-electron chi connectivity index (χ1n) is 5.46. The standard InChI is InChI=1S/C10H18N2O3/c1-11-4-2-3-7-5-12(10(14)15)6-8(13)9(7)11/h7-9,13H,2-6H2,1H3,(H,14,15). The second-order valence-corrected chi connectivity index (χ2v) is 4.63. The summed E-state index contributed by atoms with van der Waals surface area (Å²) in [5.74, 6) is 0.295. The molecule has 5 nitrogen and oxygen atoms in total. The van der Waals surface area contributed by atoms with Gasteiger partial charge in [-0.2, -0.15) is 0 Å². The van der Waals surface area contributed by atoms with Gasteiger partial charge in [0.2, 0.25) is 0 Å². The number of nitrogens with zero attached hydrogens (tertiary/aromatic N) is 2. The molecule has 0 aromatic carbocycles. The third-order valence-corrected chi connectivity index (χ3v) is 3.60. The van der Waals surface area contributed by atoms with E-state index in [-0.39, 0.29) is 12.6 Å². The van der Waals surface area contributed by atoms with Crippen LogP contribution in [-0.2, 0) is 0 Å². The number of hydrogen-bond donors (Lipinski definition) is 2. The first-order chi connectivity index (χ1) is 7.09. The summed E-state index contributed by atoms with van der Waals surface area (Å²) in [4.78, 5) is 14.4. The molecule has 86 valence electrons. The van der Waals surface area contributed by atoms with Gasteiger partial charge in [-0.1, -0.05) is 0 Å². The molecule has 0 saturated carbocycles. The molecule has 2 aliphatic heterocycles. The van der Waals surface area contributed by atoms with Crippen molar-refractivity contribution >= 4 is 6.09 Å². The lowest BCUT2D eigenvalue weighted by molar-refractivity contribution is -0.0503. The van der Waals surface area contributed by atoms with E-state index in [1.807, 2.05) is 7.05 Å². The Morgan fingerprint density at radius 1 is 1.40 bits per heavy atom. The van der Waals surface area contributed by atoms with Crippen LogP contribution in [0.1, 0.15) is 12.8 Å². The first kappa shape index (κ1) is 10.7. The molecule has 0 bridgehead atoms. The van der Waals surface area contributed by atoms with E-state index in [9.17, 15) is 9.90 Å². The number of likely N-dealkylation sites (N-methyl/N-ethyl adjacent to an activating group) is 1. The van der Waals surface area contributed by atoms with Gasteiger partial charge in [0.1, 0.15) is 0 Å². The Bertz CT molecular complexity index is 259. The van der Waals surface area contributed by atoms with E-state index in [2.05, 4.69) is 4.90 Å². The van der Waals surface area contributed by atoms with Gasteiger partial charge < -0.3 is 20.0 Å². The highest BCUT2D eigenvalue weighted by molar-refractivity contribution is 5.65. The Morgan fingerprint density at radius 2 is 2.13 bits per heavy atom. The lowest BCUT2D eigenvalue weighted by Crippen LogP contribution is -2.61. The minimum absolute atomic E-state index is 0.148. The predicted octanol–water partition coefficient (Wildman–Crippen LogP) is 0.0513. The highest BCUT2D eigenvalue weighted by Gasteiger charge is 2.41. The van der Waals surface area contributed by atoms with Gasteiger partial charge in [-0.3, -0.25) is 0 Å². The zero-order valence-electron chi connectivity index (χ0n) is 8.96. The Labute approximate surface area is 89.3 Å². The number of amides is 1. The van der Waals surface area contributed by atoms with Crippen LogP contribution in [0.15, 0.2) is 0 Å². The number of fused-ring (bicyclic) bond motifs is 1. The monoisotopic (exact) mass is 214 g/mol. The molecule has 2 N–H and O–H groups in total. The molecular formula is C10H18N2O3. The lowest BCUT2D eigenvalue weighted by Gasteiger charge is -2.47. The van der Waals surface area contributed by atoms with E-state index in [4.69, 9.17) is 5.11 Å².